The second-order valence-corrected chi connectivity index (χ2v) is 8.46. The van der Waals surface area contributed by atoms with E-state index in [0.717, 1.165) is 43.3 Å². The summed E-state index contributed by atoms with van der Waals surface area (Å²) in [6, 6.07) is 1.08. The van der Waals surface area contributed by atoms with E-state index in [2.05, 4.69) is 20.1 Å². The smallest absolute Gasteiger partial charge is 0.361 e. The molecule has 12 heteroatoms. The summed E-state index contributed by atoms with van der Waals surface area (Å²) in [5.74, 6) is 0.747. The molecular weight excluding hydrogens is 390 g/mol. The van der Waals surface area contributed by atoms with Crippen LogP contribution in [0.15, 0.2) is 10.6 Å². The highest BCUT2D eigenvalue weighted by Gasteiger charge is 2.48. The van der Waals surface area contributed by atoms with Crippen LogP contribution in [0.2, 0.25) is 0 Å². The molecule has 3 fully saturated rings. The number of piperidine rings is 2. The van der Waals surface area contributed by atoms with E-state index in [1.807, 2.05) is 6.07 Å². The standard InChI is InChI=1S/C16H25N5O6S/c22-16-20-10-12(21(16)27-28(23,24)25)1-2-15(20)14-9-13(26-19-14)5-8-18-11-3-6-17-7-4-11/h9,11-12,15,17-18H,1-8,10H2,(H,23,24,25)/t12-,15+/m1/s1. The molecule has 2 bridgehead atoms. The van der Waals surface area contributed by atoms with Gasteiger partial charge in [-0.25, -0.2) is 4.79 Å². The fourth-order valence-electron chi connectivity index (χ4n) is 4.17. The highest BCUT2D eigenvalue weighted by molar-refractivity contribution is 7.80. The molecule has 3 saturated heterocycles. The second-order valence-electron chi connectivity index (χ2n) is 7.46. The number of carbonyl (C=O) groups is 1. The second kappa shape index (κ2) is 7.95. The van der Waals surface area contributed by atoms with Crippen LogP contribution in [-0.4, -0.2) is 72.4 Å². The number of rotatable bonds is 7. The number of aromatic nitrogens is 1. The van der Waals surface area contributed by atoms with E-state index >= 15 is 0 Å². The van der Waals surface area contributed by atoms with Crippen LogP contribution in [0.5, 0.6) is 0 Å². The van der Waals surface area contributed by atoms with Crippen molar-refractivity contribution in [2.24, 2.45) is 0 Å². The maximum atomic E-state index is 12.5. The zero-order chi connectivity index (χ0) is 19.7. The van der Waals surface area contributed by atoms with Crippen molar-refractivity contribution in [3.8, 4) is 0 Å². The van der Waals surface area contributed by atoms with Gasteiger partial charge in [0.1, 0.15) is 11.5 Å². The van der Waals surface area contributed by atoms with E-state index in [1.165, 1.54) is 4.90 Å². The Morgan fingerprint density at radius 3 is 2.86 bits per heavy atom. The third kappa shape index (κ3) is 4.30. The molecule has 0 radical (unpaired) electrons. The lowest BCUT2D eigenvalue weighted by atomic mass is 9.98. The van der Waals surface area contributed by atoms with E-state index in [0.29, 0.717) is 37.5 Å². The van der Waals surface area contributed by atoms with Crippen molar-refractivity contribution in [2.45, 2.75) is 50.2 Å². The SMILES string of the molecule is O=C1N2C[C@@H](CC[C@H]2c2cc(CCNC3CCNCC3)on2)N1OS(=O)(=O)O. The number of nitrogens with one attached hydrogen (secondary N) is 2. The molecule has 4 rings (SSSR count). The number of carbonyl (C=O) groups excluding carboxylic acids is 1. The summed E-state index contributed by atoms with van der Waals surface area (Å²) in [5.41, 5.74) is 0.650. The van der Waals surface area contributed by atoms with Gasteiger partial charge in [-0.2, -0.15) is 13.5 Å². The van der Waals surface area contributed by atoms with Crippen molar-refractivity contribution in [1.29, 1.82) is 0 Å². The molecule has 2 atom stereocenters. The van der Waals surface area contributed by atoms with Gasteiger partial charge in [-0.3, -0.25) is 4.55 Å². The summed E-state index contributed by atoms with van der Waals surface area (Å²) in [7, 11) is -4.74. The molecule has 3 N–H and O–H groups in total. The number of fused-ring (bicyclic) bond motifs is 2. The summed E-state index contributed by atoms with van der Waals surface area (Å²) in [6.45, 7) is 3.19. The Labute approximate surface area is 163 Å². The molecule has 156 valence electrons. The van der Waals surface area contributed by atoms with Gasteiger partial charge in [0.05, 0.1) is 12.1 Å². The minimum atomic E-state index is -4.74. The van der Waals surface area contributed by atoms with Gasteiger partial charge in [0.2, 0.25) is 0 Å². The van der Waals surface area contributed by atoms with Crippen LogP contribution in [0.1, 0.15) is 43.2 Å². The molecule has 3 aliphatic rings. The Kier molecular flexibility index (Phi) is 5.56. The minimum absolute atomic E-state index is 0.298. The van der Waals surface area contributed by atoms with Crippen LogP contribution in [0.25, 0.3) is 0 Å². The number of amides is 2. The maximum Gasteiger partial charge on any atom is 0.418 e. The third-order valence-corrected chi connectivity index (χ3v) is 5.91. The summed E-state index contributed by atoms with van der Waals surface area (Å²) in [6.07, 6.45) is 4.09. The van der Waals surface area contributed by atoms with Crippen molar-refractivity contribution in [3.63, 3.8) is 0 Å². The van der Waals surface area contributed by atoms with E-state index in [9.17, 15) is 13.2 Å². The molecule has 0 aliphatic carbocycles. The molecule has 0 aromatic carbocycles. The lowest BCUT2D eigenvalue weighted by molar-refractivity contribution is -0.0317. The number of hydrogen-bond donors (Lipinski definition) is 3. The van der Waals surface area contributed by atoms with Crippen molar-refractivity contribution >= 4 is 16.4 Å². The fraction of sp³-hybridized carbons (Fsp3) is 0.750. The Hall–Kier alpha value is -1.73. The zero-order valence-corrected chi connectivity index (χ0v) is 16.2. The predicted octanol–water partition coefficient (Wildman–Crippen LogP) is 0.234. The van der Waals surface area contributed by atoms with Gasteiger partial charge in [-0.1, -0.05) is 5.16 Å². The van der Waals surface area contributed by atoms with Gasteiger partial charge >= 0.3 is 16.4 Å². The van der Waals surface area contributed by atoms with Crippen LogP contribution >= 0.6 is 0 Å². The highest BCUT2D eigenvalue weighted by Crippen LogP contribution is 2.38. The average molecular weight is 415 g/mol. The summed E-state index contributed by atoms with van der Waals surface area (Å²) < 4.78 is 40.7. The number of nitrogens with zero attached hydrogens (tertiary/aromatic N) is 3. The highest BCUT2D eigenvalue weighted by atomic mass is 32.3. The Bertz CT molecular complexity index is 808. The summed E-state index contributed by atoms with van der Waals surface area (Å²) >= 11 is 0. The molecular formula is C16H25N5O6S. The van der Waals surface area contributed by atoms with Gasteiger partial charge in [0.25, 0.3) is 0 Å². The van der Waals surface area contributed by atoms with E-state index in [4.69, 9.17) is 9.08 Å². The first-order valence-electron chi connectivity index (χ1n) is 9.57. The summed E-state index contributed by atoms with van der Waals surface area (Å²) in [4.78, 5) is 14.0. The molecule has 1 aromatic rings. The molecule has 4 heterocycles. The largest absolute Gasteiger partial charge is 0.418 e. The molecule has 28 heavy (non-hydrogen) atoms. The topological polar surface area (TPSA) is 137 Å². The van der Waals surface area contributed by atoms with Crippen LogP contribution < -0.4 is 10.6 Å². The van der Waals surface area contributed by atoms with Gasteiger partial charge in [-0.15, -0.1) is 4.28 Å². The Balaban J connectivity index is 1.34. The van der Waals surface area contributed by atoms with Crippen LogP contribution in [0.4, 0.5) is 4.79 Å². The maximum absolute atomic E-state index is 12.5. The third-order valence-electron chi connectivity index (χ3n) is 5.56. The number of hydrogen-bond acceptors (Lipinski definition) is 8. The molecule has 3 aliphatic heterocycles. The van der Waals surface area contributed by atoms with Crippen molar-refractivity contribution < 1.29 is 26.6 Å². The molecule has 0 unspecified atom stereocenters. The lowest BCUT2D eigenvalue weighted by Gasteiger charge is -2.28. The van der Waals surface area contributed by atoms with Gasteiger partial charge in [0.15, 0.2) is 0 Å². The van der Waals surface area contributed by atoms with Gasteiger partial charge in [-0.05, 0) is 38.8 Å². The molecule has 1 aromatic heterocycles. The van der Waals surface area contributed by atoms with Crippen LogP contribution in [0.3, 0.4) is 0 Å². The normalized spacial score (nSPS) is 26.2. The summed E-state index contributed by atoms with van der Waals surface area (Å²) in [5, 5.41) is 11.7. The average Bonchev–Trinajstić information content (AvgIpc) is 3.22. The van der Waals surface area contributed by atoms with E-state index in [1.54, 1.807) is 0 Å². The zero-order valence-electron chi connectivity index (χ0n) is 15.4. The molecule has 11 nitrogen and oxygen atoms in total. The van der Waals surface area contributed by atoms with Crippen molar-refractivity contribution in [2.75, 3.05) is 26.2 Å². The first kappa shape index (κ1) is 19.6. The number of urea groups is 1. The van der Waals surface area contributed by atoms with E-state index in [-0.39, 0.29) is 6.04 Å². The first-order valence-corrected chi connectivity index (χ1v) is 10.9. The van der Waals surface area contributed by atoms with Gasteiger partial charge in [0, 0.05) is 31.6 Å². The van der Waals surface area contributed by atoms with Gasteiger partial charge < -0.3 is 20.1 Å². The molecule has 0 spiro atoms. The van der Waals surface area contributed by atoms with Crippen LogP contribution in [0, 0.1) is 0 Å². The van der Waals surface area contributed by atoms with Crippen molar-refractivity contribution in [1.82, 2.24) is 25.8 Å². The monoisotopic (exact) mass is 415 g/mol. The van der Waals surface area contributed by atoms with Crippen LogP contribution in [-0.2, 0) is 21.1 Å². The predicted molar refractivity (Wildman–Crippen MR) is 96.4 cm³/mol. The fourth-order valence-corrected chi connectivity index (χ4v) is 4.56. The Morgan fingerprint density at radius 2 is 2.11 bits per heavy atom. The molecule has 0 saturated carbocycles. The molecule has 2 amide bonds. The minimum Gasteiger partial charge on any atom is -0.361 e. The first-order chi connectivity index (χ1) is 13.4. The Morgan fingerprint density at radius 1 is 1.32 bits per heavy atom. The lowest BCUT2D eigenvalue weighted by Crippen LogP contribution is -2.40. The quantitative estimate of drug-likeness (QED) is 0.535. The van der Waals surface area contributed by atoms with E-state index < -0.39 is 22.5 Å². The number of hydroxylamine groups is 2. The van der Waals surface area contributed by atoms with Crippen molar-refractivity contribution in [3.05, 3.63) is 17.5 Å².